The summed E-state index contributed by atoms with van der Waals surface area (Å²) in [6.07, 6.45) is 1.53. The lowest BCUT2D eigenvalue weighted by atomic mass is 10.3. The summed E-state index contributed by atoms with van der Waals surface area (Å²) in [7, 11) is 0. The molecule has 0 fully saturated rings. The van der Waals surface area contributed by atoms with Crippen LogP contribution in [0.1, 0.15) is 16.2 Å². The summed E-state index contributed by atoms with van der Waals surface area (Å²) in [6, 6.07) is 6.78. The van der Waals surface area contributed by atoms with E-state index < -0.39 is 0 Å². The summed E-state index contributed by atoms with van der Waals surface area (Å²) in [6.45, 7) is 1.86. The van der Waals surface area contributed by atoms with Crippen LogP contribution in [0.25, 0.3) is 11.5 Å². The van der Waals surface area contributed by atoms with Crippen LogP contribution in [-0.2, 0) is 0 Å². The lowest BCUT2D eigenvalue weighted by Gasteiger charge is -1.95. The van der Waals surface area contributed by atoms with E-state index in [0.29, 0.717) is 16.5 Å². The number of carbonyl (C=O) groups is 1. The zero-order valence-electron chi connectivity index (χ0n) is 9.91. The van der Waals surface area contributed by atoms with E-state index in [1.807, 2.05) is 6.92 Å². The molecule has 6 nitrogen and oxygen atoms in total. The fourth-order valence-corrected chi connectivity index (χ4v) is 2.17. The average molecular weight is 275 g/mol. The van der Waals surface area contributed by atoms with Gasteiger partial charge in [0.15, 0.2) is 11.5 Å². The monoisotopic (exact) mass is 275 g/mol. The largest absolute Gasteiger partial charge is 0.461 e. The predicted octanol–water partition coefficient (Wildman–Crippen LogP) is 2.95. The summed E-state index contributed by atoms with van der Waals surface area (Å²) in [4.78, 5) is 11.9. The lowest BCUT2D eigenvalue weighted by molar-refractivity contribution is 0.101. The van der Waals surface area contributed by atoms with Crippen LogP contribution in [-0.4, -0.2) is 15.4 Å². The quantitative estimate of drug-likeness (QED) is 0.794. The molecule has 0 atom stereocenters. The topological polar surface area (TPSA) is 81.2 Å². The maximum Gasteiger partial charge on any atom is 0.278 e. The Morgan fingerprint density at radius 2 is 2.26 bits per heavy atom. The second kappa shape index (κ2) is 4.69. The van der Waals surface area contributed by atoms with Gasteiger partial charge >= 0.3 is 0 Å². The van der Waals surface area contributed by atoms with E-state index >= 15 is 0 Å². The normalized spacial score (nSPS) is 10.6. The zero-order valence-corrected chi connectivity index (χ0v) is 10.7. The van der Waals surface area contributed by atoms with E-state index in [1.165, 1.54) is 23.9 Å². The first-order valence-corrected chi connectivity index (χ1v) is 6.25. The van der Waals surface area contributed by atoms with Crippen molar-refractivity contribution in [2.45, 2.75) is 6.92 Å². The first kappa shape index (κ1) is 11.7. The Hall–Kier alpha value is -2.41. The Kier molecular flexibility index (Phi) is 2.88. The molecule has 0 aromatic carbocycles. The fraction of sp³-hybridized carbons (Fsp3) is 0.0833. The molecule has 0 aliphatic rings. The van der Waals surface area contributed by atoms with Gasteiger partial charge in [0.05, 0.1) is 12.0 Å². The first-order chi connectivity index (χ1) is 9.22. The molecule has 0 spiro atoms. The number of furan rings is 1. The first-order valence-electron chi connectivity index (χ1n) is 5.47. The Labute approximate surface area is 112 Å². The van der Waals surface area contributed by atoms with E-state index in [0.717, 1.165) is 5.69 Å². The smallest absolute Gasteiger partial charge is 0.278 e. The number of nitrogens with one attached hydrogen (secondary N) is 1. The molecule has 0 saturated carbocycles. The molecule has 3 aromatic heterocycles. The highest BCUT2D eigenvalue weighted by Crippen LogP contribution is 2.22. The molecule has 0 unspecified atom stereocenters. The fourth-order valence-electron chi connectivity index (χ4n) is 1.52. The van der Waals surface area contributed by atoms with Gasteiger partial charge in [-0.15, -0.1) is 0 Å². The number of aromatic nitrogens is 2. The van der Waals surface area contributed by atoms with Gasteiger partial charge in [-0.1, -0.05) is 5.16 Å². The van der Waals surface area contributed by atoms with Crippen molar-refractivity contribution in [3.63, 3.8) is 0 Å². The molecular formula is C12H9N3O3S. The molecule has 3 aromatic rings. The number of rotatable bonds is 3. The molecule has 3 rings (SSSR count). The number of anilines is 1. The minimum atomic E-state index is -0.342. The molecule has 0 aliphatic heterocycles. The van der Waals surface area contributed by atoms with Crippen molar-refractivity contribution in [2.24, 2.45) is 0 Å². The van der Waals surface area contributed by atoms with E-state index in [2.05, 4.69) is 14.8 Å². The maximum absolute atomic E-state index is 11.9. The number of hydrogen-bond acceptors (Lipinski definition) is 6. The summed E-state index contributed by atoms with van der Waals surface area (Å²) in [5.41, 5.74) is 1.05. The highest BCUT2D eigenvalue weighted by molar-refractivity contribution is 7.10. The van der Waals surface area contributed by atoms with Crippen molar-refractivity contribution >= 4 is 22.4 Å². The van der Waals surface area contributed by atoms with Crippen LogP contribution in [0.2, 0.25) is 0 Å². The van der Waals surface area contributed by atoms with Crippen molar-refractivity contribution in [1.82, 2.24) is 9.53 Å². The molecule has 0 radical (unpaired) electrons. The van der Waals surface area contributed by atoms with Crippen molar-refractivity contribution in [2.75, 3.05) is 5.32 Å². The van der Waals surface area contributed by atoms with Crippen LogP contribution in [0.5, 0.6) is 0 Å². The minimum Gasteiger partial charge on any atom is -0.461 e. The second-order valence-electron chi connectivity index (χ2n) is 3.84. The van der Waals surface area contributed by atoms with Crippen molar-refractivity contribution in [3.8, 4) is 11.5 Å². The zero-order chi connectivity index (χ0) is 13.2. The van der Waals surface area contributed by atoms with Crippen LogP contribution in [0, 0.1) is 6.92 Å². The summed E-state index contributed by atoms with van der Waals surface area (Å²) < 4.78 is 14.3. The third kappa shape index (κ3) is 2.41. The number of nitrogens with zero attached hydrogens (tertiary/aromatic N) is 2. The molecule has 0 aliphatic carbocycles. The van der Waals surface area contributed by atoms with Gasteiger partial charge < -0.3 is 14.3 Å². The number of hydrogen-bond donors (Lipinski definition) is 1. The molecule has 19 heavy (non-hydrogen) atoms. The van der Waals surface area contributed by atoms with Crippen LogP contribution < -0.4 is 5.32 Å². The Morgan fingerprint density at radius 3 is 2.95 bits per heavy atom. The van der Waals surface area contributed by atoms with E-state index in [9.17, 15) is 4.79 Å². The third-order valence-corrected chi connectivity index (χ3v) is 3.17. The summed E-state index contributed by atoms with van der Waals surface area (Å²) >= 11 is 1.22. The van der Waals surface area contributed by atoms with E-state index in [-0.39, 0.29) is 11.6 Å². The summed E-state index contributed by atoms with van der Waals surface area (Å²) in [5, 5.41) is 7.09. The van der Waals surface area contributed by atoms with Gasteiger partial charge in [-0.25, -0.2) is 0 Å². The predicted molar refractivity (Wildman–Crippen MR) is 69.0 cm³/mol. The number of aryl methyl sites for hydroxylation is 1. The molecule has 96 valence electrons. The number of amides is 1. The SMILES string of the molecule is Cc1cc(NC(=O)c2cc(-c3ccco3)on2)sn1. The highest BCUT2D eigenvalue weighted by atomic mass is 32.1. The van der Waals surface area contributed by atoms with Crippen molar-refractivity contribution in [3.05, 3.63) is 41.9 Å². The molecule has 7 heteroatoms. The van der Waals surface area contributed by atoms with Gasteiger partial charge in [-0.3, -0.25) is 4.79 Å². The van der Waals surface area contributed by atoms with Gasteiger partial charge in [0.25, 0.3) is 5.91 Å². The molecule has 1 amide bonds. The van der Waals surface area contributed by atoms with Gasteiger partial charge in [0.2, 0.25) is 5.76 Å². The van der Waals surface area contributed by atoms with Crippen LogP contribution >= 0.6 is 11.5 Å². The average Bonchev–Trinajstić information content (AvgIpc) is 3.08. The molecule has 0 bridgehead atoms. The van der Waals surface area contributed by atoms with Crippen molar-refractivity contribution in [1.29, 1.82) is 0 Å². The van der Waals surface area contributed by atoms with E-state index in [1.54, 1.807) is 18.2 Å². The highest BCUT2D eigenvalue weighted by Gasteiger charge is 2.15. The molecular weight excluding hydrogens is 266 g/mol. The van der Waals surface area contributed by atoms with E-state index in [4.69, 9.17) is 8.94 Å². The molecule has 1 N–H and O–H groups in total. The molecule has 3 heterocycles. The van der Waals surface area contributed by atoms with Crippen LogP contribution in [0.15, 0.2) is 39.5 Å². The second-order valence-corrected chi connectivity index (χ2v) is 4.65. The van der Waals surface area contributed by atoms with Crippen molar-refractivity contribution < 1.29 is 13.7 Å². The molecule has 0 saturated heterocycles. The Bertz CT molecular complexity index is 699. The third-order valence-electron chi connectivity index (χ3n) is 2.37. The van der Waals surface area contributed by atoms with Gasteiger partial charge in [-0.05, 0) is 36.7 Å². The lowest BCUT2D eigenvalue weighted by Crippen LogP contribution is -2.10. The van der Waals surface area contributed by atoms with Gasteiger partial charge in [0, 0.05) is 6.07 Å². The maximum atomic E-state index is 11.9. The Morgan fingerprint density at radius 1 is 1.37 bits per heavy atom. The van der Waals surface area contributed by atoms with Gasteiger partial charge in [0.1, 0.15) is 5.00 Å². The van der Waals surface area contributed by atoms with Crippen LogP contribution in [0.3, 0.4) is 0 Å². The van der Waals surface area contributed by atoms with Gasteiger partial charge in [-0.2, -0.15) is 4.37 Å². The minimum absolute atomic E-state index is 0.192. The summed E-state index contributed by atoms with van der Waals surface area (Å²) in [5.74, 6) is 0.598. The van der Waals surface area contributed by atoms with Crippen LogP contribution in [0.4, 0.5) is 5.00 Å². The standard InChI is InChI=1S/C12H9N3O3S/c1-7-5-11(19-15-7)13-12(16)8-6-10(18-14-8)9-3-2-4-17-9/h2-6H,1H3,(H,13,16). The Balaban J connectivity index is 1.77. The number of carbonyl (C=O) groups excluding carboxylic acids is 1.